The van der Waals surface area contributed by atoms with Gasteiger partial charge in [-0.25, -0.2) is 0 Å². The van der Waals surface area contributed by atoms with Crippen LogP contribution in [0.4, 0.5) is 11.4 Å². The fourth-order valence-electron chi connectivity index (χ4n) is 2.55. The van der Waals surface area contributed by atoms with Crippen LogP contribution in [0.5, 0.6) is 0 Å². The van der Waals surface area contributed by atoms with Gasteiger partial charge in [-0.05, 0) is 24.5 Å². The van der Waals surface area contributed by atoms with Gasteiger partial charge in [0.1, 0.15) is 6.04 Å². The van der Waals surface area contributed by atoms with Crippen LogP contribution in [0, 0.1) is 5.92 Å². The molecule has 1 unspecified atom stereocenters. The number of nitrogens with zero attached hydrogens (tertiary/aromatic N) is 1. The molecule has 0 aliphatic carbocycles. The molecule has 19 heavy (non-hydrogen) atoms. The van der Waals surface area contributed by atoms with Gasteiger partial charge in [0, 0.05) is 6.54 Å². The Kier molecular flexibility index (Phi) is 4.46. The molecule has 1 N–H and O–H groups in total. The lowest BCUT2D eigenvalue weighted by molar-refractivity contribution is -0.120. The van der Waals surface area contributed by atoms with Crippen molar-refractivity contribution in [1.29, 1.82) is 0 Å². The fourth-order valence-corrected chi connectivity index (χ4v) is 2.55. The molecular formula is C16H24N2O. The van der Waals surface area contributed by atoms with Gasteiger partial charge < -0.3 is 10.2 Å². The second-order valence-electron chi connectivity index (χ2n) is 5.58. The van der Waals surface area contributed by atoms with Gasteiger partial charge in [0.25, 0.3) is 0 Å². The van der Waals surface area contributed by atoms with E-state index in [1.54, 1.807) is 0 Å². The molecule has 1 aromatic carbocycles. The molecule has 0 radical (unpaired) electrons. The van der Waals surface area contributed by atoms with Crippen molar-refractivity contribution in [2.75, 3.05) is 16.8 Å². The molecule has 0 spiro atoms. The third-order valence-corrected chi connectivity index (χ3v) is 3.69. The predicted octanol–water partition coefficient (Wildman–Crippen LogP) is 3.66. The first kappa shape index (κ1) is 13.9. The number of fused-ring (bicyclic) bond motifs is 1. The summed E-state index contributed by atoms with van der Waals surface area (Å²) in [6.07, 6.45) is 3.42. The Balaban J connectivity index is 2.25. The molecule has 104 valence electrons. The summed E-state index contributed by atoms with van der Waals surface area (Å²) in [5, 5.41) is 3.38. The second-order valence-corrected chi connectivity index (χ2v) is 5.58. The number of nitrogens with one attached hydrogen (secondary N) is 1. The van der Waals surface area contributed by atoms with Crippen LogP contribution in [0.2, 0.25) is 0 Å². The molecule has 1 amide bonds. The van der Waals surface area contributed by atoms with E-state index in [-0.39, 0.29) is 11.9 Å². The van der Waals surface area contributed by atoms with E-state index < -0.39 is 0 Å². The summed E-state index contributed by atoms with van der Waals surface area (Å²) in [5.74, 6) is 0.513. The maximum Gasteiger partial charge on any atom is 0.249 e. The topological polar surface area (TPSA) is 32.3 Å². The SMILES string of the molecule is CCCCCN1C(=O)C(C(C)C)Nc2ccccc21. The van der Waals surface area contributed by atoms with Crippen molar-refractivity contribution in [3.8, 4) is 0 Å². The maximum absolute atomic E-state index is 12.6. The number of hydrogen-bond acceptors (Lipinski definition) is 2. The number of amides is 1. The summed E-state index contributed by atoms with van der Waals surface area (Å²) >= 11 is 0. The monoisotopic (exact) mass is 260 g/mol. The maximum atomic E-state index is 12.6. The van der Waals surface area contributed by atoms with Gasteiger partial charge in [0.05, 0.1) is 11.4 Å². The molecule has 0 saturated carbocycles. The zero-order valence-corrected chi connectivity index (χ0v) is 12.1. The van der Waals surface area contributed by atoms with Crippen molar-refractivity contribution in [1.82, 2.24) is 0 Å². The van der Waals surface area contributed by atoms with E-state index in [0.29, 0.717) is 5.92 Å². The average molecular weight is 260 g/mol. The predicted molar refractivity (Wildman–Crippen MR) is 80.6 cm³/mol. The fraction of sp³-hybridized carbons (Fsp3) is 0.562. The summed E-state index contributed by atoms with van der Waals surface area (Å²) < 4.78 is 0. The van der Waals surface area contributed by atoms with Crippen LogP contribution in [0.25, 0.3) is 0 Å². The van der Waals surface area contributed by atoms with Crippen LogP contribution < -0.4 is 10.2 Å². The number of rotatable bonds is 5. The zero-order valence-electron chi connectivity index (χ0n) is 12.1. The van der Waals surface area contributed by atoms with Gasteiger partial charge >= 0.3 is 0 Å². The van der Waals surface area contributed by atoms with E-state index >= 15 is 0 Å². The third kappa shape index (κ3) is 2.91. The van der Waals surface area contributed by atoms with Crippen molar-refractivity contribution in [2.45, 2.75) is 46.1 Å². The van der Waals surface area contributed by atoms with Crippen molar-refractivity contribution < 1.29 is 4.79 Å². The van der Waals surface area contributed by atoms with E-state index in [9.17, 15) is 4.79 Å². The standard InChI is InChI=1S/C16H24N2O/c1-4-5-8-11-18-14-10-7-6-9-13(14)17-15(12(2)3)16(18)19/h6-7,9-10,12,15,17H,4-5,8,11H2,1-3H3. The molecule has 3 nitrogen and oxygen atoms in total. The molecule has 3 heteroatoms. The third-order valence-electron chi connectivity index (χ3n) is 3.69. The quantitative estimate of drug-likeness (QED) is 0.819. The molecule has 0 fully saturated rings. The molecule has 1 atom stereocenters. The molecule has 0 aromatic heterocycles. The Morgan fingerprint density at radius 1 is 1.26 bits per heavy atom. The first-order valence-electron chi connectivity index (χ1n) is 7.32. The van der Waals surface area contributed by atoms with Crippen molar-refractivity contribution in [3.05, 3.63) is 24.3 Å². The largest absolute Gasteiger partial charge is 0.372 e. The Bertz CT molecular complexity index is 442. The van der Waals surface area contributed by atoms with Gasteiger partial charge in [0.2, 0.25) is 5.91 Å². The lowest BCUT2D eigenvalue weighted by atomic mass is 9.98. The van der Waals surface area contributed by atoms with Crippen molar-refractivity contribution in [3.63, 3.8) is 0 Å². The Labute approximate surface area is 116 Å². The zero-order chi connectivity index (χ0) is 13.8. The van der Waals surface area contributed by atoms with E-state index in [2.05, 4.69) is 32.2 Å². The normalized spacial score (nSPS) is 18.4. The number of unbranched alkanes of at least 4 members (excludes halogenated alkanes) is 2. The number of carbonyl (C=O) groups is 1. The van der Waals surface area contributed by atoms with Crippen LogP contribution >= 0.6 is 0 Å². The molecule has 0 bridgehead atoms. The molecule has 1 aromatic rings. The Morgan fingerprint density at radius 3 is 2.68 bits per heavy atom. The summed E-state index contributed by atoms with van der Waals surface area (Å²) in [5.41, 5.74) is 2.11. The molecular weight excluding hydrogens is 236 g/mol. The highest BCUT2D eigenvalue weighted by Gasteiger charge is 2.33. The van der Waals surface area contributed by atoms with Crippen molar-refractivity contribution >= 4 is 17.3 Å². The Hall–Kier alpha value is -1.51. The smallest absolute Gasteiger partial charge is 0.249 e. The van der Waals surface area contributed by atoms with E-state index in [1.807, 2.05) is 23.1 Å². The summed E-state index contributed by atoms with van der Waals surface area (Å²) in [7, 11) is 0. The number of para-hydroxylation sites is 2. The highest BCUT2D eigenvalue weighted by Crippen LogP contribution is 2.33. The molecule has 1 aliphatic heterocycles. The highest BCUT2D eigenvalue weighted by molar-refractivity contribution is 6.05. The van der Waals surface area contributed by atoms with Crippen LogP contribution in [-0.2, 0) is 4.79 Å². The minimum atomic E-state index is -0.100. The number of carbonyl (C=O) groups excluding carboxylic acids is 1. The number of benzene rings is 1. The molecule has 1 heterocycles. The average Bonchev–Trinajstić information content (AvgIpc) is 2.40. The highest BCUT2D eigenvalue weighted by atomic mass is 16.2. The molecule has 2 rings (SSSR count). The summed E-state index contributed by atoms with van der Waals surface area (Å²) in [6.45, 7) is 7.19. The molecule has 1 aliphatic rings. The Morgan fingerprint density at radius 2 is 2.00 bits per heavy atom. The van der Waals surface area contributed by atoms with E-state index in [4.69, 9.17) is 0 Å². The number of hydrogen-bond donors (Lipinski definition) is 1. The first-order valence-corrected chi connectivity index (χ1v) is 7.32. The van der Waals surface area contributed by atoms with Crippen LogP contribution in [0.3, 0.4) is 0 Å². The van der Waals surface area contributed by atoms with Gasteiger partial charge in [-0.3, -0.25) is 4.79 Å². The lowest BCUT2D eigenvalue weighted by Gasteiger charge is -2.37. The van der Waals surface area contributed by atoms with Crippen molar-refractivity contribution in [2.24, 2.45) is 5.92 Å². The lowest BCUT2D eigenvalue weighted by Crippen LogP contribution is -2.49. The van der Waals surface area contributed by atoms with Crippen LogP contribution in [0.1, 0.15) is 40.0 Å². The van der Waals surface area contributed by atoms with Gasteiger partial charge in [-0.2, -0.15) is 0 Å². The molecule has 0 saturated heterocycles. The van der Waals surface area contributed by atoms with Gasteiger partial charge in [0.15, 0.2) is 0 Å². The van der Waals surface area contributed by atoms with Gasteiger partial charge in [-0.15, -0.1) is 0 Å². The number of anilines is 2. The first-order chi connectivity index (χ1) is 9.15. The second kappa shape index (κ2) is 6.09. The van der Waals surface area contributed by atoms with Gasteiger partial charge in [-0.1, -0.05) is 45.7 Å². The van der Waals surface area contributed by atoms with Crippen LogP contribution in [0.15, 0.2) is 24.3 Å². The van der Waals surface area contributed by atoms with E-state index in [1.165, 1.54) is 12.8 Å². The minimum absolute atomic E-state index is 0.100. The van der Waals surface area contributed by atoms with E-state index in [0.717, 1.165) is 24.3 Å². The summed E-state index contributed by atoms with van der Waals surface area (Å²) in [6, 6.07) is 8.00. The summed E-state index contributed by atoms with van der Waals surface area (Å²) in [4.78, 5) is 14.6. The minimum Gasteiger partial charge on any atom is -0.372 e. The van der Waals surface area contributed by atoms with Crippen LogP contribution in [-0.4, -0.2) is 18.5 Å².